The van der Waals surface area contributed by atoms with E-state index in [4.69, 9.17) is 15.0 Å². The van der Waals surface area contributed by atoms with Crippen LogP contribution in [0.5, 0.6) is 0 Å². The molecule has 4 heteroatoms. The fraction of sp³-hybridized carbons (Fsp3) is 0. The van der Waals surface area contributed by atoms with Crippen LogP contribution in [-0.4, -0.2) is 15.0 Å². The molecule has 61 heavy (non-hydrogen) atoms. The Labute approximate surface area is 354 Å². The first-order chi connectivity index (χ1) is 30.2. The van der Waals surface area contributed by atoms with Crippen LogP contribution >= 0.6 is 0 Å². The first-order valence-corrected chi connectivity index (χ1v) is 20.6. The van der Waals surface area contributed by atoms with Crippen LogP contribution in [0.1, 0.15) is 0 Å². The van der Waals surface area contributed by atoms with E-state index < -0.39 is 0 Å². The average molecular weight is 779 g/mol. The fourth-order valence-electron chi connectivity index (χ4n) is 8.54. The largest absolute Gasteiger partial charge is 0.310 e. The van der Waals surface area contributed by atoms with Crippen molar-refractivity contribution in [2.24, 2.45) is 0 Å². The van der Waals surface area contributed by atoms with Crippen LogP contribution < -0.4 is 4.90 Å². The second kappa shape index (κ2) is 15.5. The van der Waals surface area contributed by atoms with Gasteiger partial charge in [0.25, 0.3) is 0 Å². The minimum absolute atomic E-state index is 0.684. The number of pyridine rings is 1. The summed E-state index contributed by atoms with van der Waals surface area (Å²) >= 11 is 0. The van der Waals surface area contributed by atoms with Gasteiger partial charge < -0.3 is 4.90 Å². The molecule has 0 saturated carbocycles. The van der Waals surface area contributed by atoms with E-state index in [0.717, 1.165) is 94.4 Å². The molecule has 11 aromatic rings. The highest BCUT2D eigenvalue weighted by Gasteiger charge is 2.19. The molecule has 0 spiro atoms. The van der Waals surface area contributed by atoms with Crippen LogP contribution in [0.15, 0.2) is 231 Å². The predicted octanol–water partition coefficient (Wildman–Crippen LogP) is 15.1. The molecule has 2 heterocycles. The van der Waals surface area contributed by atoms with Crippen molar-refractivity contribution in [2.45, 2.75) is 0 Å². The van der Waals surface area contributed by atoms with Crippen molar-refractivity contribution in [1.29, 1.82) is 0 Å². The maximum Gasteiger partial charge on any atom is 0.160 e. The van der Waals surface area contributed by atoms with E-state index in [1.54, 1.807) is 0 Å². The Hall–Kier alpha value is -8.21. The summed E-state index contributed by atoms with van der Waals surface area (Å²) < 4.78 is 0. The third-order valence-corrected chi connectivity index (χ3v) is 11.5. The second-order valence-electron chi connectivity index (χ2n) is 15.2. The van der Waals surface area contributed by atoms with Gasteiger partial charge in [0.1, 0.15) is 0 Å². The molecule has 0 fully saturated rings. The van der Waals surface area contributed by atoms with Crippen molar-refractivity contribution in [3.05, 3.63) is 231 Å². The summed E-state index contributed by atoms with van der Waals surface area (Å²) in [5.41, 5.74) is 13.3. The van der Waals surface area contributed by atoms with E-state index in [0.29, 0.717) is 5.82 Å². The Morgan fingerprint density at radius 1 is 0.295 bits per heavy atom. The van der Waals surface area contributed by atoms with Crippen molar-refractivity contribution >= 4 is 49.5 Å². The van der Waals surface area contributed by atoms with Crippen molar-refractivity contribution in [3.63, 3.8) is 0 Å². The molecule has 286 valence electrons. The molecule has 0 saturated heterocycles. The van der Waals surface area contributed by atoms with Gasteiger partial charge in [-0.2, -0.15) is 0 Å². The first-order valence-electron chi connectivity index (χ1n) is 20.6. The molecule has 0 bridgehead atoms. The normalized spacial score (nSPS) is 11.3. The van der Waals surface area contributed by atoms with Crippen LogP contribution in [0.3, 0.4) is 0 Å². The number of fused-ring (bicyclic) bond motifs is 5. The third kappa shape index (κ3) is 6.76. The van der Waals surface area contributed by atoms with E-state index >= 15 is 0 Å². The molecule has 0 radical (unpaired) electrons. The highest BCUT2D eigenvalue weighted by Crippen LogP contribution is 2.43. The van der Waals surface area contributed by atoms with Gasteiger partial charge in [0.15, 0.2) is 5.82 Å². The highest BCUT2D eigenvalue weighted by molar-refractivity contribution is 6.24. The lowest BCUT2D eigenvalue weighted by Gasteiger charge is -2.26. The zero-order chi connectivity index (χ0) is 40.5. The van der Waals surface area contributed by atoms with Gasteiger partial charge in [-0.25, -0.2) is 15.0 Å². The molecule has 9 aromatic carbocycles. The van der Waals surface area contributed by atoms with Gasteiger partial charge in [0, 0.05) is 55.5 Å². The quantitative estimate of drug-likeness (QED) is 0.144. The SMILES string of the molecule is c1ccc(-c2ccc(-c3nc(-c4ccccc4)cc(-c4cccc5c4ccc4c(-c6ccccc6)nc6cc(N(c7ccccc7)c7ccccc7)ccc6c45)n3)cc2)cc1. The third-order valence-electron chi connectivity index (χ3n) is 11.5. The Morgan fingerprint density at radius 2 is 0.820 bits per heavy atom. The number of para-hydroxylation sites is 2. The van der Waals surface area contributed by atoms with Crippen LogP contribution in [0, 0.1) is 0 Å². The van der Waals surface area contributed by atoms with Crippen molar-refractivity contribution in [1.82, 2.24) is 15.0 Å². The predicted molar refractivity (Wildman–Crippen MR) is 254 cm³/mol. The topological polar surface area (TPSA) is 41.9 Å². The monoisotopic (exact) mass is 778 g/mol. The van der Waals surface area contributed by atoms with Crippen LogP contribution in [0.25, 0.3) is 88.7 Å². The first kappa shape index (κ1) is 35.9. The van der Waals surface area contributed by atoms with Gasteiger partial charge >= 0.3 is 0 Å². The lowest BCUT2D eigenvalue weighted by Crippen LogP contribution is -2.09. The summed E-state index contributed by atoms with van der Waals surface area (Å²) in [5, 5.41) is 5.61. The maximum atomic E-state index is 5.46. The number of benzene rings is 9. The zero-order valence-corrected chi connectivity index (χ0v) is 33.2. The molecule has 0 aliphatic heterocycles. The number of aromatic nitrogens is 3. The molecular weight excluding hydrogens is 741 g/mol. The smallest absolute Gasteiger partial charge is 0.160 e. The maximum absolute atomic E-state index is 5.46. The lowest BCUT2D eigenvalue weighted by molar-refractivity contribution is 1.18. The summed E-state index contributed by atoms with van der Waals surface area (Å²) in [5.74, 6) is 0.684. The second-order valence-corrected chi connectivity index (χ2v) is 15.2. The van der Waals surface area contributed by atoms with Crippen molar-refractivity contribution in [3.8, 4) is 56.3 Å². The van der Waals surface area contributed by atoms with Crippen LogP contribution in [0.4, 0.5) is 17.1 Å². The molecule has 0 atom stereocenters. The molecule has 0 unspecified atom stereocenters. The standard InChI is InChI=1S/C57H38N4/c1-6-17-39(18-7-1)40-29-31-43(32-30-40)57-59-52(41-19-8-2-9-20-41)38-54(60-57)48-27-16-28-49-47(48)35-36-51-55(49)50-34-33-46(37-53(50)58-56(51)42-21-10-3-11-22-42)61(44-23-12-4-13-24-44)45-25-14-5-15-26-45/h1-38H. The van der Waals surface area contributed by atoms with E-state index in [1.165, 1.54) is 5.56 Å². The zero-order valence-electron chi connectivity index (χ0n) is 33.2. The van der Waals surface area contributed by atoms with Crippen LogP contribution in [-0.2, 0) is 0 Å². The number of hydrogen-bond acceptors (Lipinski definition) is 4. The molecule has 0 amide bonds. The van der Waals surface area contributed by atoms with Gasteiger partial charge in [0.2, 0.25) is 0 Å². The molecule has 4 nitrogen and oxygen atoms in total. The summed E-state index contributed by atoms with van der Waals surface area (Å²) in [6.07, 6.45) is 0. The van der Waals surface area contributed by atoms with E-state index in [2.05, 4.69) is 223 Å². The molecule has 11 rings (SSSR count). The number of anilines is 3. The Balaban J connectivity index is 1.12. The summed E-state index contributed by atoms with van der Waals surface area (Å²) in [7, 11) is 0. The Morgan fingerprint density at radius 3 is 1.48 bits per heavy atom. The summed E-state index contributed by atoms with van der Waals surface area (Å²) in [6.45, 7) is 0. The summed E-state index contributed by atoms with van der Waals surface area (Å²) in [4.78, 5) is 18.2. The van der Waals surface area contributed by atoms with Gasteiger partial charge in [-0.3, -0.25) is 0 Å². The average Bonchev–Trinajstić information content (AvgIpc) is 3.35. The van der Waals surface area contributed by atoms with E-state index in [-0.39, 0.29) is 0 Å². The van der Waals surface area contributed by atoms with E-state index in [1.807, 2.05) is 12.1 Å². The minimum atomic E-state index is 0.684. The van der Waals surface area contributed by atoms with Gasteiger partial charge in [-0.15, -0.1) is 0 Å². The van der Waals surface area contributed by atoms with Crippen LogP contribution in [0.2, 0.25) is 0 Å². The summed E-state index contributed by atoms with van der Waals surface area (Å²) in [6, 6.07) is 80.9. The fourth-order valence-corrected chi connectivity index (χ4v) is 8.54. The molecule has 0 aliphatic rings. The highest BCUT2D eigenvalue weighted by atomic mass is 15.1. The molecule has 0 N–H and O–H groups in total. The van der Waals surface area contributed by atoms with Crippen molar-refractivity contribution in [2.75, 3.05) is 4.90 Å². The number of hydrogen-bond donors (Lipinski definition) is 0. The van der Waals surface area contributed by atoms with Gasteiger partial charge in [0.05, 0.1) is 22.6 Å². The number of nitrogens with zero attached hydrogens (tertiary/aromatic N) is 4. The lowest BCUT2D eigenvalue weighted by atomic mass is 9.92. The number of rotatable bonds is 8. The van der Waals surface area contributed by atoms with Gasteiger partial charge in [-0.05, 0) is 64.4 Å². The molecular formula is C57H38N4. The molecule has 0 aliphatic carbocycles. The van der Waals surface area contributed by atoms with Gasteiger partial charge in [-0.1, -0.05) is 188 Å². The minimum Gasteiger partial charge on any atom is -0.310 e. The molecule has 2 aromatic heterocycles. The van der Waals surface area contributed by atoms with E-state index in [9.17, 15) is 0 Å². The van der Waals surface area contributed by atoms with Crippen molar-refractivity contribution < 1.29 is 0 Å². The Bertz CT molecular complexity index is 3280. The Kier molecular flexibility index (Phi) is 9.14.